The summed E-state index contributed by atoms with van der Waals surface area (Å²) in [7, 11) is 0. The molecule has 0 spiro atoms. The second-order valence-corrected chi connectivity index (χ2v) is 7.11. The number of rotatable bonds is 6. The molecule has 1 aromatic rings. The summed E-state index contributed by atoms with van der Waals surface area (Å²) >= 11 is 5.23. The van der Waals surface area contributed by atoms with E-state index in [0.717, 1.165) is 36.0 Å². The molecule has 2 N–H and O–H groups in total. The molecule has 1 heterocycles. The van der Waals surface area contributed by atoms with Gasteiger partial charge in [-0.1, -0.05) is 15.9 Å². The van der Waals surface area contributed by atoms with Gasteiger partial charge in [-0.3, -0.25) is 4.79 Å². The van der Waals surface area contributed by atoms with E-state index in [-0.39, 0.29) is 24.4 Å². The Morgan fingerprint density at radius 3 is 2.76 bits per heavy atom. The minimum absolute atomic E-state index is 0. The molecule has 0 saturated carbocycles. The molecule has 1 amide bonds. The third-order valence-electron chi connectivity index (χ3n) is 3.59. The summed E-state index contributed by atoms with van der Waals surface area (Å²) in [6.45, 7) is 1.49. The Hall–Kier alpha value is -0.230. The lowest BCUT2D eigenvalue weighted by Gasteiger charge is -2.23. The number of amides is 1. The molecule has 1 fully saturated rings. The molecule has 0 aromatic heterocycles. The third kappa shape index (κ3) is 5.81. The van der Waals surface area contributed by atoms with Crippen LogP contribution in [0.15, 0.2) is 33.6 Å². The number of benzene rings is 1. The van der Waals surface area contributed by atoms with Gasteiger partial charge in [-0.25, -0.2) is 0 Å². The number of halogens is 2. The highest BCUT2D eigenvalue weighted by atomic mass is 79.9. The molecule has 0 aliphatic carbocycles. The van der Waals surface area contributed by atoms with E-state index >= 15 is 0 Å². The topological polar surface area (TPSA) is 46.3 Å². The van der Waals surface area contributed by atoms with Crippen molar-refractivity contribution in [3.05, 3.63) is 28.7 Å². The zero-order valence-corrected chi connectivity index (χ0v) is 15.2. The van der Waals surface area contributed by atoms with Crippen LogP contribution < -0.4 is 5.73 Å². The van der Waals surface area contributed by atoms with Gasteiger partial charge in [0.05, 0.1) is 0 Å². The van der Waals surface area contributed by atoms with Crippen molar-refractivity contribution >= 4 is 46.0 Å². The fourth-order valence-corrected chi connectivity index (χ4v) is 3.61. The van der Waals surface area contributed by atoms with Crippen molar-refractivity contribution in [2.45, 2.75) is 36.6 Å². The molecule has 1 atom stereocenters. The van der Waals surface area contributed by atoms with E-state index in [9.17, 15) is 4.79 Å². The monoisotopic (exact) mass is 392 g/mol. The average molecular weight is 394 g/mol. The molecule has 21 heavy (non-hydrogen) atoms. The van der Waals surface area contributed by atoms with Crippen LogP contribution in [0.2, 0.25) is 0 Å². The number of likely N-dealkylation sites (tertiary alicyclic amines) is 1. The van der Waals surface area contributed by atoms with Crippen LogP contribution >= 0.6 is 40.1 Å². The number of hydrogen-bond donors (Lipinski definition) is 1. The Balaban J connectivity index is 0.00000220. The first-order valence-electron chi connectivity index (χ1n) is 7.08. The first kappa shape index (κ1) is 18.8. The van der Waals surface area contributed by atoms with Crippen molar-refractivity contribution in [1.82, 2.24) is 4.90 Å². The number of carbonyl (C=O) groups is 1. The van der Waals surface area contributed by atoms with Crippen LogP contribution in [-0.4, -0.2) is 35.7 Å². The largest absolute Gasteiger partial charge is 0.338 e. The normalized spacial score (nSPS) is 17.6. The Morgan fingerprint density at radius 2 is 2.10 bits per heavy atom. The van der Waals surface area contributed by atoms with Gasteiger partial charge in [0.15, 0.2) is 0 Å². The van der Waals surface area contributed by atoms with Crippen LogP contribution in [0, 0.1) is 0 Å². The summed E-state index contributed by atoms with van der Waals surface area (Å²) in [6, 6.07) is 8.57. The fraction of sp³-hybridized carbons (Fsp3) is 0.533. The van der Waals surface area contributed by atoms with E-state index in [1.54, 1.807) is 11.8 Å². The van der Waals surface area contributed by atoms with Crippen molar-refractivity contribution in [2.24, 2.45) is 5.73 Å². The summed E-state index contributed by atoms with van der Waals surface area (Å²) in [5.74, 6) is 1.25. The van der Waals surface area contributed by atoms with E-state index in [2.05, 4.69) is 28.1 Å². The quantitative estimate of drug-likeness (QED) is 0.592. The van der Waals surface area contributed by atoms with Crippen molar-refractivity contribution in [3.63, 3.8) is 0 Å². The van der Waals surface area contributed by atoms with Crippen molar-refractivity contribution < 1.29 is 4.79 Å². The minimum Gasteiger partial charge on any atom is -0.338 e. The van der Waals surface area contributed by atoms with Gasteiger partial charge in [-0.15, -0.1) is 24.2 Å². The second kappa shape index (κ2) is 9.72. The zero-order chi connectivity index (χ0) is 14.4. The number of nitrogens with zero attached hydrogens (tertiary/aromatic N) is 1. The first-order valence-corrected chi connectivity index (χ1v) is 8.86. The highest BCUT2D eigenvalue weighted by Crippen LogP contribution is 2.22. The molecular weight excluding hydrogens is 372 g/mol. The second-order valence-electron chi connectivity index (χ2n) is 5.02. The smallest absolute Gasteiger partial charge is 0.222 e. The van der Waals surface area contributed by atoms with Crippen LogP contribution in [0.4, 0.5) is 0 Å². The summed E-state index contributed by atoms with van der Waals surface area (Å²) < 4.78 is 1.10. The third-order valence-corrected chi connectivity index (χ3v) is 5.21. The maximum Gasteiger partial charge on any atom is 0.222 e. The van der Waals surface area contributed by atoms with Gasteiger partial charge in [0.2, 0.25) is 5.91 Å². The van der Waals surface area contributed by atoms with Crippen molar-refractivity contribution in [3.8, 4) is 0 Å². The van der Waals surface area contributed by atoms with Crippen LogP contribution in [0.25, 0.3) is 0 Å². The molecule has 0 bridgehead atoms. The molecule has 1 aliphatic heterocycles. The van der Waals surface area contributed by atoms with Gasteiger partial charge in [-0.2, -0.15) is 0 Å². The predicted octanol–water partition coefficient (Wildman–Crippen LogP) is 3.69. The lowest BCUT2D eigenvalue weighted by atomic mass is 10.2. The molecule has 1 saturated heterocycles. The van der Waals surface area contributed by atoms with E-state index in [0.29, 0.717) is 13.0 Å². The summed E-state index contributed by atoms with van der Waals surface area (Å²) in [5, 5.41) is 0. The highest BCUT2D eigenvalue weighted by Gasteiger charge is 2.26. The summed E-state index contributed by atoms with van der Waals surface area (Å²) in [5.41, 5.74) is 5.70. The Bertz CT molecular complexity index is 444. The van der Waals surface area contributed by atoms with Crippen molar-refractivity contribution in [1.29, 1.82) is 0 Å². The lowest BCUT2D eigenvalue weighted by Crippen LogP contribution is -2.39. The Labute approximate surface area is 145 Å². The van der Waals surface area contributed by atoms with Gasteiger partial charge in [-0.05, 0) is 49.3 Å². The minimum atomic E-state index is 0. The Kier molecular flexibility index (Phi) is 8.71. The maximum atomic E-state index is 12.1. The molecule has 2 rings (SSSR count). The van der Waals surface area contributed by atoms with Gasteiger partial charge >= 0.3 is 0 Å². The average Bonchev–Trinajstić information content (AvgIpc) is 2.94. The predicted molar refractivity (Wildman–Crippen MR) is 95.1 cm³/mol. The van der Waals surface area contributed by atoms with Gasteiger partial charge in [0.25, 0.3) is 0 Å². The fourth-order valence-electron chi connectivity index (χ4n) is 2.50. The molecule has 3 nitrogen and oxygen atoms in total. The van der Waals surface area contributed by atoms with E-state index < -0.39 is 0 Å². The number of hydrogen-bond acceptors (Lipinski definition) is 3. The van der Waals surface area contributed by atoms with E-state index in [1.807, 2.05) is 17.0 Å². The molecule has 118 valence electrons. The SMILES string of the molecule is Cl.NCC1CCCN1C(=O)CCCSc1ccc(Br)cc1. The van der Waals surface area contributed by atoms with Crippen LogP contribution in [0.5, 0.6) is 0 Å². The maximum absolute atomic E-state index is 12.1. The van der Waals surface area contributed by atoms with Gasteiger partial charge < -0.3 is 10.6 Å². The van der Waals surface area contributed by atoms with Crippen molar-refractivity contribution in [2.75, 3.05) is 18.8 Å². The van der Waals surface area contributed by atoms with Gasteiger partial charge in [0, 0.05) is 34.9 Å². The molecular formula is C15H22BrClN2OS. The molecule has 6 heteroatoms. The summed E-state index contributed by atoms with van der Waals surface area (Å²) in [6.07, 6.45) is 3.73. The van der Waals surface area contributed by atoms with Crippen LogP contribution in [0.3, 0.4) is 0 Å². The first-order chi connectivity index (χ1) is 9.70. The number of thioether (sulfide) groups is 1. The van der Waals surface area contributed by atoms with Crippen LogP contribution in [0.1, 0.15) is 25.7 Å². The molecule has 0 radical (unpaired) electrons. The summed E-state index contributed by atoms with van der Waals surface area (Å²) in [4.78, 5) is 15.4. The van der Waals surface area contributed by atoms with E-state index in [1.165, 1.54) is 4.90 Å². The number of carbonyl (C=O) groups excluding carboxylic acids is 1. The Morgan fingerprint density at radius 1 is 1.38 bits per heavy atom. The standard InChI is InChI=1S/C15H21BrN2OS.ClH/c16-12-5-7-14(8-6-12)20-10-2-4-15(19)18-9-1-3-13(18)11-17;/h5-8,13H,1-4,9-11,17H2;1H. The molecule has 1 unspecified atom stereocenters. The van der Waals surface area contributed by atoms with Gasteiger partial charge in [0.1, 0.15) is 0 Å². The number of nitrogens with two attached hydrogens (primary N) is 1. The molecule has 1 aliphatic rings. The zero-order valence-electron chi connectivity index (χ0n) is 12.0. The lowest BCUT2D eigenvalue weighted by molar-refractivity contribution is -0.131. The highest BCUT2D eigenvalue weighted by molar-refractivity contribution is 9.10. The van der Waals surface area contributed by atoms with E-state index in [4.69, 9.17) is 5.73 Å². The molecule has 1 aromatic carbocycles. The van der Waals surface area contributed by atoms with Crippen LogP contribution in [-0.2, 0) is 4.79 Å².